The van der Waals surface area contributed by atoms with Crippen LogP contribution in [0.15, 0.2) is 47.4 Å². The van der Waals surface area contributed by atoms with Gasteiger partial charge in [-0.05, 0) is 23.8 Å². The highest BCUT2D eigenvalue weighted by Gasteiger charge is 2.04. The zero-order valence-corrected chi connectivity index (χ0v) is 10.1. The molecule has 0 unspecified atom stereocenters. The molecule has 2 rings (SSSR count). The number of nitrogens with zero attached hydrogens (tertiary/aromatic N) is 1. The van der Waals surface area contributed by atoms with Gasteiger partial charge in [-0.3, -0.25) is 4.79 Å². The van der Waals surface area contributed by atoms with Crippen molar-refractivity contribution in [2.45, 2.75) is 6.54 Å². The monoisotopic (exact) mass is 257 g/mol. The fourth-order valence-electron chi connectivity index (χ4n) is 1.71. The lowest BCUT2D eigenvalue weighted by Gasteiger charge is -2.07. The summed E-state index contributed by atoms with van der Waals surface area (Å²) >= 11 is 0. The summed E-state index contributed by atoms with van der Waals surface area (Å²) in [5, 5.41) is 8.70. The van der Waals surface area contributed by atoms with Crippen LogP contribution in [0.4, 0.5) is 4.39 Å². The number of halogens is 1. The molecule has 19 heavy (non-hydrogen) atoms. The highest BCUT2D eigenvalue weighted by Crippen LogP contribution is 2.11. The van der Waals surface area contributed by atoms with Gasteiger partial charge in [0.15, 0.2) is 0 Å². The van der Waals surface area contributed by atoms with Crippen molar-refractivity contribution in [2.75, 3.05) is 6.61 Å². The molecule has 0 saturated heterocycles. The van der Waals surface area contributed by atoms with E-state index in [1.54, 1.807) is 24.4 Å². The molecule has 0 fully saturated rings. The van der Waals surface area contributed by atoms with E-state index in [1.807, 2.05) is 0 Å². The first-order valence-corrected chi connectivity index (χ1v) is 5.74. The first-order valence-electron chi connectivity index (χ1n) is 5.74. The summed E-state index contributed by atoms with van der Waals surface area (Å²) in [5.74, 6) is 4.78. The van der Waals surface area contributed by atoms with E-state index in [1.165, 1.54) is 22.8 Å². The number of hydrogen-bond donors (Lipinski definition) is 1. The van der Waals surface area contributed by atoms with E-state index in [-0.39, 0.29) is 12.2 Å². The minimum Gasteiger partial charge on any atom is -0.384 e. The van der Waals surface area contributed by atoms with Crippen LogP contribution < -0.4 is 5.56 Å². The summed E-state index contributed by atoms with van der Waals surface area (Å²) in [6, 6.07) is 9.10. The van der Waals surface area contributed by atoms with Gasteiger partial charge in [-0.2, -0.15) is 0 Å². The third-order valence-corrected chi connectivity index (χ3v) is 2.61. The van der Waals surface area contributed by atoms with Gasteiger partial charge in [-0.1, -0.05) is 24.0 Å². The Balaban J connectivity index is 2.40. The third-order valence-electron chi connectivity index (χ3n) is 2.61. The van der Waals surface area contributed by atoms with Crippen LogP contribution in [0.5, 0.6) is 0 Å². The second-order valence-corrected chi connectivity index (χ2v) is 3.93. The molecule has 0 aliphatic carbocycles. The molecule has 4 heteroatoms. The Morgan fingerprint density at radius 3 is 2.84 bits per heavy atom. The van der Waals surface area contributed by atoms with E-state index in [9.17, 15) is 9.18 Å². The minimum absolute atomic E-state index is 0.132. The highest BCUT2D eigenvalue weighted by atomic mass is 19.1. The molecule has 0 saturated carbocycles. The lowest BCUT2D eigenvalue weighted by Crippen LogP contribution is -2.18. The Morgan fingerprint density at radius 2 is 2.11 bits per heavy atom. The summed E-state index contributed by atoms with van der Waals surface area (Å²) < 4.78 is 14.7. The standard InChI is InChI=1S/C15H12FNO2/c16-14-7-6-13(12(10-14)4-3-9-18)11-17-8-2-1-5-15(17)19/h1-2,5-8,10,18H,9,11H2. The van der Waals surface area contributed by atoms with Crippen molar-refractivity contribution < 1.29 is 9.50 Å². The van der Waals surface area contributed by atoms with Crippen molar-refractivity contribution in [1.82, 2.24) is 4.57 Å². The van der Waals surface area contributed by atoms with E-state index >= 15 is 0 Å². The number of benzene rings is 1. The maximum Gasteiger partial charge on any atom is 0.250 e. The predicted octanol–water partition coefficient (Wildman–Crippen LogP) is 1.38. The molecule has 0 aliphatic rings. The Morgan fingerprint density at radius 1 is 1.26 bits per heavy atom. The lowest BCUT2D eigenvalue weighted by molar-refractivity contribution is 0.350. The number of aromatic nitrogens is 1. The predicted molar refractivity (Wildman–Crippen MR) is 70.2 cm³/mol. The van der Waals surface area contributed by atoms with Gasteiger partial charge in [0.25, 0.3) is 5.56 Å². The van der Waals surface area contributed by atoms with E-state index < -0.39 is 5.82 Å². The number of rotatable bonds is 2. The molecular formula is C15H12FNO2. The molecule has 0 radical (unpaired) electrons. The quantitative estimate of drug-likeness (QED) is 0.826. The Labute approximate surface area is 109 Å². The zero-order chi connectivity index (χ0) is 13.7. The molecule has 2 aromatic rings. The summed E-state index contributed by atoms with van der Waals surface area (Å²) in [7, 11) is 0. The van der Waals surface area contributed by atoms with E-state index in [4.69, 9.17) is 5.11 Å². The number of hydrogen-bond acceptors (Lipinski definition) is 2. The van der Waals surface area contributed by atoms with Crippen LogP contribution in [0.1, 0.15) is 11.1 Å². The Hall–Kier alpha value is -2.38. The smallest absolute Gasteiger partial charge is 0.250 e. The summed E-state index contributed by atoms with van der Waals surface area (Å²) in [6.07, 6.45) is 1.66. The highest BCUT2D eigenvalue weighted by molar-refractivity contribution is 5.42. The van der Waals surface area contributed by atoms with Gasteiger partial charge in [0, 0.05) is 17.8 Å². The van der Waals surface area contributed by atoms with Gasteiger partial charge >= 0.3 is 0 Å². The fourth-order valence-corrected chi connectivity index (χ4v) is 1.71. The molecule has 0 amide bonds. The molecule has 0 spiro atoms. The van der Waals surface area contributed by atoms with Gasteiger partial charge in [-0.25, -0.2) is 4.39 Å². The molecule has 1 heterocycles. The van der Waals surface area contributed by atoms with E-state index in [0.29, 0.717) is 12.1 Å². The Kier molecular flexibility index (Phi) is 4.11. The van der Waals surface area contributed by atoms with E-state index in [2.05, 4.69) is 11.8 Å². The van der Waals surface area contributed by atoms with Crippen molar-refractivity contribution >= 4 is 0 Å². The van der Waals surface area contributed by atoms with Crippen LogP contribution in [0, 0.1) is 17.7 Å². The van der Waals surface area contributed by atoms with Crippen LogP contribution >= 0.6 is 0 Å². The van der Waals surface area contributed by atoms with E-state index in [0.717, 1.165) is 5.56 Å². The van der Waals surface area contributed by atoms with Crippen LogP contribution in [0.3, 0.4) is 0 Å². The van der Waals surface area contributed by atoms with Crippen LogP contribution in [0.25, 0.3) is 0 Å². The molecule has 0 aliphatic heterocycles. The van der Waals surface area contributed by atoms with Crippen LogP contribution in [-0.2, 0) is 6.54 Å². The summed E-state index contributed by atoms with van der Waals surface area (Å²) in [4.78, 5) is 11.6. The largest absolute Gasteiger partial charge is 0.384 e. The third kappa shape index (κ3) is 3.30. The van der Waals surface area contributed by atoms with Gasteiger partial charge in [0.2, 0.25) is 0 Å². The molecular weight excluding hydrogens is 245 g/mol. The molecule has 0 bridgehead atoms. The molecule has 1 N–H and O–H groups in total. The van der Waals surface area contributed by atoms with Crippen LogP contribution in [0.2, 0.25) is 0 Å². The second-order valence-electron chi connectivity index (χ2n) is 3.93. The van der Waals surface area contributed by atoms with Crippen molar-refractivity contribution in [3.05, 3.63) is 69.9 Å². The first kappa shape index (κ1) is 13.1. The topological polar surface area (TPSA) is 42.2 Å². The molecule has 1 aromatic carbocycles. The fraction of sp³-hybridized carbons (Fsp3) is 0.133. The van der Waals surface area contributed by atoms with Crippen LogP contribution in [-0.4, -0.2) is 16.3 Å². The molecule has 1 aromatic heterocycles. The van der Waals surface area contributed by atoms with Crippen molar-refractivity contribution in [1.29, 1.82) is 0 Å². The van der Waals surface area contributed by atoms with Crippen molar-refractivity contribution in [3.8, 4) is 11.8 Å². The number of aliphatic hydroxyl groups excluding tert-OH is 1. The number of aliphatic hydroxyl groups is 1. The van der Waals surface area contributed by atoms with Crippen molar-refractivity contribution in [2.24, 2.45) is 0 Å². The average molecular weight is 257 g/mol. The molecule has 3 nitrogen and oxygen atoms in total. The zero-order valence-electron chi connectivity index (χ0n) is 10.1. The van der Waals surface area contributed by atoms with Crippen molar-refractivity contribution in [3.63, 3.8) is 0 Å². The normalized spacial score (nSPS) is 9.79. The molecule has 96 valence electrons. The lowest BCUT2D eigenvalue weighted by atomic mass is 10.1. The van der Waals surface area contributed by atoms with Gasteiger partial charge in [0.05, 0.1) is 6.54 Å². The van der Waals surface area contributed by atoms with Gasteiger partial charge in [0.1, 0.15) is 12.4 Å². The summed E-state index contributed by atoms with van der Waals surface area (Å²) in [6.45, 7) is 0.0244. The minimum atomic E-state index is -0.397. The van der Waals surface area contributed by atoms with Gasteiger partial charge in [-0.15, -0.1) is 0 Å². The average Bonchev–Trinajstić information content (AvgIpc) is 2.41. The maximum absolute atomic E-state index is 13.2. The molecule has 0 atom stereocenters. The van der Waals surface area contributed by atoms with Gasteiger partial charge < -0.3 is 9.67 Å². The first-order chi connectivity index (χ1) is 9.20. The summed E-state index contributed by atoms with van der Waals surface area (Å²) in [5.41, 5.74) is 1.08. The SMILES string of the molecule is O=c1ccccn1Cc1ccc(F)cc1C#CCO. The number of pyridine rings is 1. The second kappa shape index (κ2) is 5.98. The Bertz CT molecular complexity index is 695. The maximum atomic E-state index is 13.2.